The molecule has 384 valence electrons. The Balaban J connectivity index is 1.06. The first kappa shape index (κ1) is 51.8. The molecule has 0 radical (unpaired) electrons. The van der Waals surface area contributed by atoms with E-state index in [9.17, 15) is 71.2 Å². The molecule has 9 rings (SSSR count). The van der Waals surface area contributed by atoms with Crippen molar-refractivity contribution < 1.29 is 109 Å². The van der Waals surface area contributed by atoms with E-state index in [1.165, 1.54) is 0 Å². The van der Waals surface area contributed by atoms with Crippen LogP contribution < -0.4 is 0 Å². The molecule has 0 aromatic heterocycles. The van der Waals surface area contributed by atoms with Crippen molar-refractivity contribution in [1.29, 1.82) is 0 Å². The van der Waals surface area contributed by atoms with E-state index in [1.54, 1.807) is 6.92 Å². The van der Waals surface area contributed by atoms with Crippen LogP contribution in [0.1, 0.15) is 78.6 Å². The quantitative estimate of drug-likeness (QED) is 0.0506. The molecular formula is C45H72O22. The fraction of sp³-hybridized carbons (Fsp3) is 0.933. The molecule has 27 atom stereocenters. The Bertz CT molecular complexity index is 1740. The van der Waals surface area contributed by atoms with E-state index < -0.39 is 166 Å². The molecule has 67 heavy (non-hydrogen) atoms. The smallest absolute Gasteiger partial charge is 0.314 e. The third kappa shape index (κ3) is 8.85. The number of carbonyl (C=O) groups is 1. The van der Waals surface area contributed by atoms with Crippen molar-refractivity contribution in [1.82, 2.24) is 0 Å². The van der Waals surface area contributed by atoms with Gasteiger partial charge in [-0.1, -0.05) is 32.4 Å². The average Bonchev–Trinajstić information content (AvgIpc) is 3.30. The lowest BCUT2D eigenvalue weighted by molar-refractivity contribution is -0.398. The number of hydrogen-bond donors (Lipinski definition) is 13. The van der Waals surface area contributed by atoms with E-state index >= 15 is 0 Å². The Kier molecular flexibility index (Phi) is 15.3. The van der Waals surface area contributed by atoms with Crippen molar-refractivity contribution in [3.63, 3.8) is 0 Å². The van der Waals surface area contributed by atoms with E-state index in [1.807, 2.05) is 6.92 Å². The Hall–Kier alpha value is -1.59. The van der Waals surface area contributed by atoms with Crippen molar-refractivity contribution in [2.75, 3.05) is 19.8 Å². The normalized spacial score (nSPS) is 54.5. The highest BCUT2D eigenvalue weighted by Gasteiger charge is 2.68. The molecule has 1 unspecified atom stereocenters. The van der Waals surface area contributed by atoms with Crippen LogP contribution in [0.15, 0.2) is 12.2 Å². The minimum Gasteiger partial charge on any atom is -0.432 e. The number of aliphatic hydroxyl groups excluding tert-OH is 13. The number of fused-ring (bicyclic) bond motifs is 3. The van der Waals surface area contributed by atoms with Gasteiger partial charge in [0.2, 0.25) is 6.29 Å². The fourth-order valence-corrected chi connectivity index (χ4v) is 13.6. The predicted molar refractivity (Wildman–Crippen MR) is 222 cm³/mol. The molecule has 4 aliphatic heterocycles. The maximum absolute atomic E-state index is 14.3. The van der Waals surface area contributed by atoms with Gasteiger partial charge in [0.1, 0.15) is 91.6 Å². The van der Waals surface area contributed by atoms with Gasteiger partial charge in [-0.15, -0.1) is 0 Å². The summed E-state index contributed by atoms with van der Waals surface area (Å²) in [4.78, 5) is 14.3. The number of aliphatic hydroxyl groups is 13. The van der Waals surface area contributed by atoms with Gasteiger partial charge >= 0.3 is 5.97 Å². The second-order valence-electron chi connectivity index (χ2n) is 21.0. The molecule has 0 amide bonds. The summed E-state index contributed by atoms with van der Waals surface area (Å²) in [5.41, 5.74) is -0.903. The van der Waals surface area contributed by atoms with Crippen molar-refractivity contribution in [3.05, 3.63) is 12.2 Å². The molecular weight excluding hydrogens is 892 g/mol. The zero-order valence-electron chi connectivity index (χ0n) is 38.0. The maximum atomic E-state index is 14.3. The number of rotatable bonds is 12. The highest BCUT2D eigenvalue weighted by Crippen LogP contribution is 2.72. The molecule has 13 N–H and O–H groups in total. The average molecular weight is 965 g/mol. The maximum Gasteiger partial charge on any atom is 0.314 e. The summed E-state index contributed by atoms with van der Waals surface area (Å²) >= 11 is 0. The third-order valence-corrected chi connectivity index (χ3v) is 17.2. The van der Waals surface area contributed by atoms with Crippen molar-refractivity contribution in [3.8, 4) is 0 Å². The number of esters is 1. The standard InChI is InChI=1S/C45H72O22/c1-5-19-26(49)30(53)33(56)38(60-19)65-36-29(52)23(16-48)64-41(37(36)66-39-34(57)31(54)27(50)21(14-46)62-39)61-20-13-45-10-7-24-43(3,25(45)11-18(20)17(2)12-45)8-6-9-44(24,4)42(59)67-40-35(58)32(55)28(51)22(15-47)63-40/h18-41,46-58H,2,5-16H2,1,3-4H3/t18-,19+,20?,21+,22+,23+,24-,25-,26+,27+,28+,29+,30-,31-,32-,33+,34+,35+,36-,37+,38-,39-,40-,41+,43+,44+,45+/m0/s1. The summed E-state index contributed by atoms with van der Waals surface area (Å²) in [5.74, 6) is -1.03. The highest BCUT2D eigenvalue weighted by atomic mass is 16.8. The minimum absolute atomic E-state index is 0.0588. The molecule has 9 fully saturated rings. The van der Waals surface area contributed by atoms with Gasteiger partial charge in [-0.05, 0) is 81.0 Å². The Morgan fingerprint density at radius 2 is 1.12 bits per heavy atom. The lowest BCUT2D eigenvalue weighted by Crippen LogP contribution is -2.68. The number of ether oxygens (including phenoxy) is 8. The van der Waals surface area contributed by atoms with Crippen LogP contribution in [0.3, 0.4) is 0 Å². The summed E-state index contributed by atoms with van der Waals surface area (Å²) in [5, 5.41) is 138. The van der Waals surface area contributed by atoms with Crippen LogP contribution in [0.2, 0.25) is 0 Å². The van der Waals surface area contributed by atoms with E-state index in [-0.39, 0.29) is 29.6 Å². The second kappa shape index (κ2) is 19.8. The number of carbonyl (C=O) groups excluding carboxylic acids is 1. The van der Waals surface area contributed by atoms with Gasteiger partial charge in [-0.2, -0.15) is 0 Å². The topological polar surface area (TPSA) is 354 Å². The van der Waals surface area contributed by atoms with Crippen molar-refractivity contribution in [2.45, 2.75) is 207 Å². The lowest BCUT2D eigenvalue weighted by atomic mass is 9.36. The monoisotopic (exact) mass is 964 g/mol. The second-order valence-corrected chi connectivity index (χ2v) is 21.0. The first-order valence-corrected chi connectivity index (χ1v) is 23.8. The Morgan fingerprint density at radius 1 is 0.612 bits per heavy atom. The molecule has 5 aliphatic carbocycles. The molecule has 5 saturated carbocycles. The third-order valence-electron chi connectivity index (χ3n) is 17.2. The molecule has 0 aromatic rings. The molecule has 22 heteroatoms. The predicted octanol–water partition coefficient (Wildman–Crippen LogP) is -3.84. The van der Waals surface area contributed by atoms with Gasteiger partial charge in [0.25, 0.3) is 0 Å². The zero-order valence-corrected chi connectivity index (χ0v) is 38.0. The van der Waals surface area contributed by atoms with E-state index in [2.05, 4.69) is 13.5 Å². The summed E-state index contributed by atoms with van der Waals surface area (Å²) in [6, 6.07) is 0. The van der Waals surface area contributed by atoms with Crippen LogP contribution in [0.25, 0.3) is 0 Å². The first-order chi connectivity index (χ1) is 31.7. The van der Waals surface area contributed by atoms with Gasteiger partial charge in [0.05, 0.1) is 37.4 Å². The molecule has 22 nitrogen and oxygen atoms in total. The van der Waals surface area contributed by atoms with Gasteiger partial charge in [-0.3, -0.25) is 4.79 Å². The van der Waals surface area contributed by atoms with Gasteiger partial charge < -0.3 is 104 Å². The van der Waals surface area contributed by atoms with Crippen LogP contribution in [-0.2, 0) is 42.7 Å². The van der Waals surface area contributed by atoms with Gasteiger partial charge in [0, 0.05) is 5.92 Å². The minimum atomic E-state index is -1.92. The lowest BCUT2D eigenvalue weighted by Gasteiger charge is -2.69. The van der Waals surface area contributed by atoms with Crippen molar-refractivity contribution in [2.24, 2.45) is 34.0 Å². The summed E-state index contributed by atoms with van der Waals surface area (Å²) in [7, 11) is 0. The van der Waals surface area contributed by atoms with Crippen LogP contribution in [-0.4, -0.2) is 221 Å². The summed E-state index contributed by atoms with van der Waals surface area (Å²) in [6.07, 6.45) is -27.8. The molecule has 2 bridgehead atoms. The fourth-order valence-electron chi connectivity index (χ4n) is 13.6. The largest absolute Gasteiger partial charge is 0.432 e. The van der Waals surface area contributed by atoms with Crippen LogP contribution in [0.5, 0.6) is 0 Å². The SMILES string of the molecule is C=C1C[C@@]23CC[C@H]4[C@@](C)(CCC[C@@]4(C)C(=O)O[C@@H]4O[C@H](CO)[C@@H](O)[C@H](O)[C@H]4O)[C@@H]2C[C@@H]1C(O[C@@H]1O[C@H](CO)[C@@H](O)[C@H](O[C@@H]2O[C@H](CC)[C@@H](O)[C@H](O)[C@H]2O)[C@H]1O[C@@H]1O[C@H](CO)[C@@H](O)[C@H](O)[C@H]1O)C3. The molecule has 0 aromatic carbocycles. The van der Waals surface area contributed by atoms with Crippen LogP contribution >= 0.6 is 0 Å². The van der Waals surface area contributed by atoms with Gasteiger partial charge in [-0.25, -0.2) is 0 Å². The summed E-state index contributed by atoms with van der Waals surface area (Å²) < 4.78 is 48.5. The first-order valence-electron chi connectivity index (χ1n) is 23.8. The molecule has 4 saturated heterocycles. The molecule has 4 heterocycles. The van der Waals surface area contributed by atoms with Crippen LogP contribution in [0.4, 0.5) is 0 Å². The van der Waals surface area contributed by atoms with E-state index in [0.29, 0.717) is 44.9 Å². The highest BCUT2D eigenvalue weighted by molar-refractivity contribution is 5.77. The van der Waals surface area contributed by atoms with Crippen LogP contribution in [0, 0.1) is 34.0 Å². The van der Waals surface area contributed by atoms with Gasteiger partial charge in [0.15, 0.2) is 18.9 Å². The molecule has 9 aliphatic rings. The molecule has 1 spiro atoms. The summed E-state index contributed by atoms with van der Waals surface area (Å²) in [6.45, 7) is 8.00. The Labute approximate surface area is 387 Å². The van der Waals surface area contributed by atoms with E-state index in [0.717, 1.165) is 12.0 Å². The zero-order chi connectivity index (χ0) is 48.7. The van der Waals surface area contributed by atoms with Crippen molar-refractivity contribution >= 4 is 5.97 Å². The number of hydrogen-bond acceptors (Lipinski definition) is 22. The van der Waals surface area contributed by atoms with E-state index in [4.69, 9.17) is 37.9 Å². The Morgan fingerprint density at radius 3 is 1.70 bits per heavy atom.